The minimum Gasteiger partial charge on any atom is -0.508 e. The van der Waals surface area contributed by atoms with Crippen LogP contribution in [-0.2, 0) is 6.42 Å². The molecule has 10 heteroatoms. The number of nitrogens with two attached hydrogens (primary N) is 1. The van der Waals surface area contributed by atoms with E-state index < -0.39 is 6.10 Å². The van der Waals surface area contributed by atoms with Gasteiger partial charge >= 0.3 is 0 Å². The number of rotatable bonds is 9. The number of carbonyl (C=O) groups is 1. The summed E-state index contributed by atoms with van der Waals surface area (Å²) < 4.78 is 0. The maximum absolute atomic E-state index is 14.6. The van der Waals surface area contributed by atoms with E-state index in [9.17, 15) is 20.1 Å². The predicted octanol–water partition coefficient (Wildman–Crippen LogP) is 6.24. The van der Waals surface area contributed by atoms with Gasteiger partial charge in [0.1, 0.15) is 5.75 Å². The maximum atomic E-state index is 14.6. The number of nitrogens with zero attached hydrogens (tertiary/aromatic N) is 1. The molecule has 7 N–H and O–H groups in total. The molecule has 2 aromatic heterocycles. The summed E-state index contributed by atoms with van der Waals surface area (Å²) in [6.07, 6.45) is 5.57. The van der Waals surface area contributed by atoms with Gasteiger partial charge in [0.05, 0.1) is 27.1 Å². The highest BCUT2D eigenvalue weighted by Crippen LogP contribution is 2.60. The van der Waals surface area contributed by atoms with Crippen LogP contribution in [0.5, 0.6) is 5.75 Å². The second-order valence-electron chi connectivity index (χ2n) is 14.3. The number of anilines is 1. The lowest BCUT2D eigenvalue weighted by Gasteiger charge is -2.47. The van der Waals surface area contributed by atoms with Crippen LogP contribution in [0.25, 0.3) is 9.75 Å². The van der Waals surface area contributed by atoms with E-state index in [0.29, 0.717) is 37.5 Å². The van der Waals surface area contributed by atoms with Gasteiger partial charge in [-0.3, -0.25) is 9.79 Å². The van der Waals surface area contributed by atoms with Crippen molar-refractivity contribution < 1.29 is 20.1 Å². The number of aromatic hydroxyl groups is 1. The number of aliphatic imine (C=N–C) groups is 1. The molecule has 1 spiro atoms. The van der Waals surface area contributed by atoms with Crippen molar-refractivity contribution in [2.75, 3.05) is 25.5 Å². The molecule has 0 saturated heterocycles. The summed E-state index contributed by atoms with van der Waals surface area (Å²) in [4.78, 5) is 22.9. The summed E-state index contributed by atoms with van der Waals surface area (Å²) in [5, 5.41) is 37.8. The summed E-state index contributed by atoms with van der Waals surface area (Å²) >= 11 is 3.23. The molecular formula is C40H48N4O4S2. The van der Waals surface area contributed by atoms with Gasteiger partial charge in [-0.05, 0) is 118 Å². The number of phenolic OH excluding ortho intramolecular Hbond substituents is 1. The molecule has 3 aliphatic rings. The molecule has 3 aliphatic carbocycles. The summed E-state index contributed by atoms with van der Waals surface area (Å²) in [5.41, 5.74) is 8.50. The van der Waals surface area contributed by atoms with Crippen LogP contribution in [0.1, 0.15) is 84.5 Å². The first-order valence-corrected chi connectivity index (χ1v) is 19.3. The normalized spacial score (nSPS) is 26.6. The number of hydrogen-bond donors (Lipinski definition) is 6. The van der Waals surface area contributed by atoms with Crippen LogP contribution in [0.3, 0.4) is 0 Å². The molecule has 0 amide bonds. The average molecular weight is 713 g/mol. The predicted molar refractivity (Wildman–Crippen MR) is 204 cm³/mol. The Balaban J connectivity index is 1.38. The Hall–Kier alpha value is -3.80. The standard InChI is InChI=1S/C40H48N4O4S2/c1-4-6-30-10-12-35(49-30)36-13-14-37(50-36)38(48)32-11-9-27-22-40(32)20-25(26(21-40)15-16-45)7-5-8-31-28(18-33(27)44-39(41)42-3)17-29(47)19-34(31)43-23-24(2)46/h10,12-14,17,19,24-27,32-33,43,45-47H,7,9,11,15-16,18,20-23H2,1-3H3,(H3,41,42,44). The van der Waals surface area contributed by atoms with Gasteiger partial charge in [0.2, 0.25) is 0 Å². The Morgan fingerprint density at radius 3 is 2.68 bits per heavy atom. The smallest absolute Gasteiger partial charge is 0.188 e. The van der Waals surface area contributed by atoms with Crippen LogP contribution in [0.15, 0.2) is 41.4 Å². The molecule has 3 bridgehead atoms. The number of Topliss-reactive ketones (excluding diaryl/α,β-unsaturated/α-hetero) is 1. The minimum absolute atomic E-state index is 0.107. The molecule has 6 rings (SSSR count). The van der Waals surface area contributed by atoms with E-state index in [-0.39, 0.29) is 53.3 Å². The van der Waals surface area contributed by atoms with Crippen molar-refractivity contribution in [3.05, 3.63) is 57.3 Å². The molecule has 1 aromatic carbocycles. The van der Waals surface area contributed by atoms with Crippen LogP contribution in [-0.4, -0.2) is 59.4 Å². The van der Waals surface area contributed by atoms with Crippen molar-refractivity contribution in [1.29, 1.82) is 0 Å². The summed E-state index contributed by atoms with van der Waals surface area (Å²) in [5.74, 6) is 14.3. The average Bonchev–Trinajstić information content (AvgIpc) is 3.84. The van der Waals surface area contributed by atoms with E-state index in [2.05, 4.69) is 51.4 Å². The number of hydrogen-bond acceptors (Lipinski definition) is 8. The Kier molecular flexibility index (Phi) is 11.2. The Morgan fingerprint density at radius 2 is 1.92 bits per heavy atom. The Bertz CT molecular complexity index is 1860. The molecule has 3 aromatic rings. The fourth-order valence-electron chi connectivity index (χ4n) is 8.78. The van der Waals surface area contributed by atoms with Crippen molar-refractivity contribution in [2.24, 2.45) is 39.8 Å². The van der Waals surface area contributed by atoms with Gasteiger partial charge in [-0.25, -0.2) is 0 Å². The molecule has 7 atom stereocenters. The van der Waals surface area contributed by atoms with Gasteiger partial charge < -0.3 is 31.7 Å². The number of nitrogens with one attached hydrogen (secondary N) is 2. The van der Waals surface area contributed by atoms with Crippen LogP contribution < -0.4 is 16.4 Å². The third-order valence-electron chi connectivity index (χ3n) is 11.0. The number of carbonyl (C=O) groups excluding carboxylic acids is 1. The molecular weight excluding hydrogens is 665 g/mol. The van der Waals surface area contributed by atoms with E-state index >= 15 is 0 Å². The third-order valence-corrected chi connectivity index (χ3v) is 13.3. The van der Waals surface area contributed by atoms with Crippen molar-refractivity contribution in [1.82, 2.24) is 5.32 Å². The van der Waals surface area contributed by atoms with E-state index in [1.54, 1.807) is 48.8 Å². The van der Waals surface area contributed by atoms with Crippen molar-refractivity contribution >= 4 is 40.1 Å². The topological polar surface area (TPSA) is 140 Å². The van der Waals surface area contributed by atoms with Gasteiger partial charge in [-0.1, -0.05) is 17.8 Å². The summed E-state index contributed by atoms with van der Waals surface area (Å²) in [7, 11) is 1.67. The molecule has 2 saturated carbocycles. The number of phenols is 1. The van der Waals surface area contributed by atoms with Crippen LogP contribution in [0, 0.1) is 52.8 Å². The highest BCUT2D eigenvalue weighted by Gasteiger charge is 2.55. The molecule has 2 heterocycles. The quantitative estimate of drug-likeness (QED) is 0.0668. The first-order chi connectivity index (χ1) is 24.1. The van der Waals surface area contributed by atoms with Crippen LogP contribution in [0.4, 0.5) is 5.69 Å². The third kappa shape index (κ3) is 7.75. The molecule has 2 fully saturated rings. The highest BCUT2D eigenvalue weighted by molar-refractivity contribution is 7.23. The van der Waals surface area contributed by atoms with E-state index in [1.165, 1.54) is 0 Å². The lowest BCUT2D eigenvalue weighted by Crippen LogP contribution is -2.50. The fourth-order valence-corrected chi connectivity index (χ4v) is 10.8. The van der Waals surface area contributed by atoms with Gasteiger partial charge in [0, 0.05) is 54.4 Å². The highest BCUT2D eigenvalue weighted by atomic mass is 32.1. The van der Waals surface area contributed by atoms with Gasteiger partial charge in [-0.15, -0.1) is 28.6 Å². The second kappa shape index (κ2) is 15.6. The van der Waals surface area contributed by atoms with Gasteiger partial charge in [-0.2, -0.15) is 0 Å². The lowest BCUT2D eigenvalue weighted by molar-refractivity contribution is 0.0373. The van der Waals surface area contributed by atoms with Crippen LogP contribution >= 0.6 is 22.7 Å². The Labute approximate surface area is 303 Å². The Morgan fingerprint density at radius 1 is 1.14 bits per heavy atom. The second-order valence-corrected chi connectivity index (χ2v) is 16.5. The SMILES string of the molecule is CC#Cc1ccc(-c2ccc(C(=O)C3CCC4CC35CC(CC#Cc3c(cc(O)cc3NCC(C)O)CC4NC(N)=NC)C(CCO)C5)s2)s1. The monoisotopic (exact) mass is 712 g/mol. The summed E-state index contributed by atoms with van der Waals surface area (Å²) in [6.45, 7) is 3.99. The fraction of sp³-hybridized carbons (Fsp3) is 0.500. The van der Waals surface area contributed by atoms with Gasteiger partial charge in [0.25, 0.3) is 0 Å². The molecule has 8 nitrogen and oxygen atoms in total. The lowest BCUT2D eigenvalue weighted by atomic mass is 9.58. The first-order valence-electron chi connectivity index (χ1n) is 17.7. The zero-order chi connectivity index (χ0) is 35.4. The van der Waals surface area contributed by atoms with Crippen molar-refractivity contribution in [2.45, 2.75) is 77.4 Å². The van der Waals surface area contributed by atoms with Crippen molar-refractivity contribution in [3.8, 4) is 39.2 Å². The first kappa shape index (κ1) is 36.0. The minimum atomic E-state index is -0.573. The number of ketones is 1. The van der Waals surface area contributed by atoms with Gasteiger partial charge in [0.15, 0.2) is 11.7 Å². The number of guanidine groups is 1. The molecule has 264 valence electrons. The van der Waals surface area contributed by atoms with E-state index in [1.807, 2.05) is 19.1 Å². The van der Waals surface area contributed by atoms with Crippen LogP contribution in [0.2, 0.25) is 0 Å². The molecule has 0 aliphatic heterocycles. The molecule has 7 unspecified atom stereocenters. The zero-order valence-electron chi connectivity index (χ0n) is 29.1. The number of aliphatic hydroxyl groups is 2. The van der Waals surface area contributed by atoms with E-state index in [0.717, 1.165) is 62.7 Å². The number of fused-ring (bicyclic) bond motifs is 3. The zero-order valence-corrected chi connectivity index (χ0v) is 30.7. The number of aliphatic hydroxyl groups excluding tert-OH is 2. The maximum Gasteiger partial charge on any atom is 0.188 e. The molecule has 0 radical (unpaired) electrons. The van der Waals surface area contributed by atoms with Crippen molar-refractivity contribution in [3.63, 3.8) is 0 Å². The largest absolute Gasteiger partial charge is 0.508 e. The van der Waals surface area contributed by atoms with E-state index in [4.69, 9.17) is 5.73 Å². The molecule has 50 heavy (non-hydrogen) atoms. The number of benzene rings is 1. The number of thiophene rings is 2. The summed E-state index contributed by atoms with van der Waals surface area (Å²) in [6, 6.07) is 11.5.